The zero-order valence-electron chi connectivity index (χ0n) is 17.5. The second kappa shape index (κ2) is 8.80. The number of benzene rings is 2. The number of halogens is 1. The molecule has 31 heavy (non-hydrogen) atoms. The van der Waals surface area contributed by atoms with E-state index in [0.29, 0.717) is 37.4 Å². The van der Waals surface area contributed by atoms with Gasteiger partial charge in [0.15, 0.2) is 11.5 Å². The molecule has 1 saturated heterocycles. The van der Waals surface area contributed by atoms with Crippen LogP contribution in [0.5, 0.6) is 11.5 Å². The van der Waals surface area contributed by atoms with Gasteiger partial charge in [0.25, 0.3) is 0 Å². The standard InChI is InChI=1S/C22H25BrN2O5S/c1-29-20-8-6-18(13-21(20)30-2)31(27,28)24-10-3-4-16(14-24)22(26)25-11-9-15-12-17(23)5-7-19(15)25/h5-8,12-13,16H,3-4,9-11,14H2,1-2H3/t16-/m0/s1. The van der Waals surface area contributed by atoms with Crippen molar-refractivity contribution in [3.63, 3.8) is 0 Å². The molecule has 2 aliphatic rings. The van der Waals surface area contributed by atoms with Gasteiger partial charge in [0.1, 0.15) is 0 Å². The molecule has 0 N–H and O–H groups in total. The molecule has 2 aromatic carbocycles. The molecule has 0 radical (unpaired) electrons. The van der Waals surface area contributed by atoms with Crippen molar-refractivity contribution in [2.75, 3.05) is 38.8 Å². The number of hydrogen-bond acceptors (Lipinski definition) is 5. The molecule has 0 unspecified atom stereocenters. The number of rotatable bonds is 5. The number of piperidine rings is 1. The Morgan fingerprint density at radius 1 is 1.06 bits per heavy atom. The first-order valence-corrected chi connectivity index (χ1v) is 12.4. The summed E-state index contributed by atoms with van der Waals surface area (Å²) < 4.78 is 39.4. The Labute approximate surface area is 191 Å². The van der Waals surface area contributed by atoms with E-state index in [0.717, 1.165) is 22.1 Å². The van der Waals surface area contributed by atoms with E-state index in [-0.39, 0.29) is 23.3 Å². The number of carbonyl (C=O) groups is 1. The molecule has 166 valence electrons. The van der Waals surface area contributed by atoms with Gasteiger partial charge in [-0.25, -0.2) is 8.42 Å². The van der Waals surface area contributed by atoms with Crippen LogP contribution in [0, 0.1) is 5.92 Å². The third kappa shape index (κ3) is 4.18. The molecule has 7 nitrogen and oxygen atoms in total. The molecule has 4 rings (SSSR count). The van der Waals surface area contributed by atoms with Crippen molar-refractivity contribution in [3.05, 3.63) is 46.4 Å². The Hall–Kier alpha value is -2.10. The molecule has 0 bridgehead atoms. The number of nitrogens with zero attached hydrogens (tertiary/aromatic N) is 2. The maximum atomic E-state index is 13.3. The summed E-state index contributed by atoms with van der Waals surface area (Å²) in [6.45, 7) is 1.20. The fourth-order valence-electron chi connectivity index (χ4n) is 4.31. The quantitative estimate of drug-likeness (QED) is 0.617. The first-order valence-electron chi connectivity index (χ1n) is 10.2. The average molecular weight is 509 g/mol. The van der Waals surface area contributed by atoms with Crippen molar-refractivity contribution in [2.24, 2.45) is 5.92 Å². The summed E-state index contributed by atoms with van der Waals surface area (Å²) in [7, 11) is -0.784. The van der Waals surface area contributed by atoms with Gasteiger partial charge in [0.2, 0.25) is 15.9 Å². The van der Waals surface area contributed by atoms with Crippen LogP contribution in [-0.4, -0.2) is 52.5 Å². The predicted octanol–water partition coefficient (Wildman–Crippen LogP) is 3.46. The normalized spacial score (nSPS) is 19.2. The van der Waals surface area contributed by atoms with Crippen LogP contribution in [-0.2, 0) is 21.2 Å². The SMILES string of the molecule is COc1ccc(S(=O)(=O)N2CCC[C@H](C(=O)N3CCc4cc(Br)ccc43)C2)cc1OC. The van der Waals surface area contributed by atoms with Crippen molar-refractivity contribution >= 4 is 37.5 Å². The number of methoxy groups -OCH3 is 2. The number of anilines is 1. The highest BCUT2D eigenvalue weighted by Gasteiger charge is 2.37. The fourth-order valence-corrected chi connectivity index (χ4v) is 6.26. The molecule has 0 saturated carbocycles. The minimum absolute atomic E-state index is 0.00622. The summed E-state index contributed by atoms with van der Waals surface area (Å²) in [4.78, 5) is 15.2. The Balaban J connectivity index is 1.54. The van der Waals surface area contributed by atoms with E-state index in [4.69, 9.17) is 9.47 Å². The number of carbonyl (C=O) groups excluding carboxylic acids is 1. The van der Waals surface area contributed by atoms with Gasteiger partial charge in [0.05, 0.1) is 25.0 Å². The van der Waals surface area contributed by atoms with Gasteiger partial charge in [-0.05, 0) is 55.2 Å². The lowest BCUT2D eigenvalue weighted by molar-refractivity contribution is -0.123. The molecule has 2 aliphatic heterocycles. The molecule has 1 fully saturated rings. The van der Waals surface area contributed by atoms with E-state index in [9.17, 15) is 13.2 Å². The first kappa shape index (κ1) is 22.1. The third-order valence-electron chi connectivity index (χ3n) is 5.93. The minimum atomic E-state index is -3.75. The van der Waals surface area contributed by atoms with Crippen molar-refractivity contribution in [1.29, 1.82) is 0 Å². The second-order valence-corrected chi connectivity index (χ2v) is 10.6. The molecular formula is C22H25BrN2O5S. The summed E-state index contributed by atoms with van der Waals surface area (Å²) in [6.07, 6.45) is 2.13. The van der Waals surface area contributed by atoms with Gasteiger partial charge in [-0.1, -0.05) is 15.9 Å². The van der Waals surface area contributed by atoms with Crippen molar-refractivity contribution in [1.82, 2.24) is 4.31 Å². The molecule has 0 spiro atoms. The van der Waals surface area contributed by atoms with E-state index in [1.54, 1.807) is 11.0 Å². The lowest BCUT2D eigenvalue weighted by Crippen LogP contribution is -2.46. The largest absolute Gasteiger partial charge is 0.493 e. The van der Waals surface area contributed by atoms with E-state index in [1.807, 2.05) is 18.2 Å². The van der Waals surface area contributed by atoms with Gasteiger partial charge in [-0.3, -0.25) is 4.79 Å². The highest BCUT2D eigenvalue weighted by Crippen LogP contribution is 2.35. The lowest BCUT2D eigenvalue weighted by atomic mass is 9.98. The van der Waals surface area contributed by atoms with E-state index >= 15 is 0 Å². The molecule has 9 heteroatoms. The highest BCUT2D eigenvalue weighted by atomic mass is 79.9. The summed E-state index contributed by atoms with van der Waals surface area (Å²) in [5.41, 5.74) is 2.06. The Bertz CT molecular complexity index is 1110. The van der Waals surface area contributed by atoms with Crippen LogP contribution in [0.2, 0.25) is 0 Å². The molecule has 0 aromatic heterocycles. The third-order valence-corrected chi connectivity index (χ3v) is 8.28. The van der Waals surface area contributed by atoms with Gasteiger partial charge in [-0.2, -0.15) is 4.31 Å². The number of sulfonamides is 1. The van der Waals surface area contributed by atoms with Crippen LogP contribution in [0.15, 0.2) is 45.8 Å². The minimum Gasteiger partial charge on any atom is -0.493 e. The fraction of sp³-hybridized carbons (Fsp3) is 0.409. The highest BCUT2D eigenvalue weighted by molar-refractivity contribution is 9.10. The molecule has 1 atom stereocenters. The van der Waals surface area contributed by atoms with Gasteiger partial charge < -0.3 is 14.4 Å². The number of hydrogen-bond donors (Lipinski definition) is 0. The van der Waals surface area contributed by atoms with Gasteiger partial charge in [0, 0.05) is 35.9 Å². The van der Waals surface area contributed by atoms with E-state index in [2.05, 4.69) is 15.9 Å². The molecular weight excluding hydrogens is 484 g/mol. The molecule has 0 aliphatic carbocycles. The zero-order chi connectivity index (χ0) is 22.2. The predicted molar refractivity (Wildman–Crippen MR) is 121 cm³/mol. The van der Waals surface area contributed by atoms with Crippen LogP contribution < -0.4 is 14.4 Å². The second-order valence-electron chi connectivity index (χ2n) is 7.73. The van der Waals surface area contributed by atoms with Crippen molar-refractivity contribution in [2.45, 2.75) is 24.2 Å². The number of fused-ring (bicyclic) bond motifs is 1. The Morgan fingerprint density at radius 3 is 2.58 bits per heavy atom. The molecule has 2 heterocycles. The van der Waals surface area contributed by atoms with Gasteiger partial charge >= 0.3 is 0 Å². The van der Waals surface area contributed by atoms with Crippen molar-refractivity contribution < 1.29 is 22.7 Å². The zero-order valence-corrected chi connectivity index (χ0v) is 19.9. The summed E-state index contributed by atoms with van der Waals surface area (Å²) in [6, 6.07) is 10.5. The number of amides is 1. The van der Waals surface area contributed by atoms with Crippen LogP contribution in [0.4, 0.5) is 5.69 Å². The Morgan fingerprint density at radius 2 is 1.84 bits per heavy atom. The molecule has 2 aromatic rings. The number of ether oxygens (including phenoxy) is 2. The summed E-state index contributed by atoms with van der Waals surface area (Å²) in [5, 5.41) is 0. The average Bonchev–Trinajstić information content (AvgIpc) is 3.21. The van der Waals surface area contributed by atoms with Crippen molar-refractivity contribution in [3.8, 4) is 11.5 Å². The Kier molecular flexibility index (Phi) is 6.27. The summed E-state index contributed by atoms with van der Waals surface area (Å²) in [5.74, 6) is 0.451. The van der Waals surface area contributed by atoms with Crippen LogP contribution in [0.25, 0.3) is 0 Å². The van der Waals surface area contributed by atoms with Crippen LogP contribution in [0.3, 0.4) is 0 Å². The maximum absolute atomic E-state index is 13.3. The van der Waals surface area contributed by atoms with Crippen LogP contribution in [0.1, 0.15) is 18.4 Å². The van der Waals surface area contributed by atoms with E-state index < -0.39 is 10.0 Å². The smallest absolute Gasteiger partial charge is 0.243 e. The topological polar surface area (TPSA) is 76.2 Å². The van der Waals surface area contributed by atoms with E-state index in [1.165, 1.54) is 30.7 Å². The molecule has 1 amide bonds. The lowest BCUT2D eigenvalue weighted by Gasteiger charge is -2.33. The summed E-state index contributed by atoms with van der Waals surface area (Å²) >= 11 is 3.48. The maximum Gasteiger partial charge on any atom is 0.243 e. The van der Waals surface area contributed by atoms with Crippen LogP contribution >= 0.6 is 15.9 Å². The van der Waals surface area contributed by atoms with Gasteiger partial charge in [-0.15, -0.1) is 0 Å². The monoisotopic (exact) mass is 508 g/mol. The first-order chi connectivity index (χ1) is 14.8.